The Hall–Kier alpha value is -2.00. The van der Waals surface area contributed by atoms with E-state index in [1.807, 2.05) is 30.3 Å². The van der Waals surface area contributed by atoms with Crippen LogP contribution in [0.5, 0.6) is 17.2 Å². The smallest absolute Gasteiger partial charge is 0.252 e. The first-order chi connectivity index (χ1) is 8.70. The van der Waals surface area contributed by atoms with Crippen LogP contribution in [0.25, 0.3) is 0 Å². The van der Waals surface area contributed by atoms with Crippen molar-refractivity contribution in [3.63, 3.8) is 0 Å². The number of para-hydroxylation sites is 1. The first kappa shape index (κ1) is 12.5. The molecule has 0 N–H and O–H groups in total. The summed E-state index contributed by atoms with van der Waals surface area (Å²) in [4.78, 5) is 11.1. The molecule has 4 heteroatoms. The van der Waals surface area contributed by atoms with Gasteiger partial charge < -0.3 is 9.47 Å². The molecule has 0 saturated carbocycles. The average Bonchev–Trinajstić information content (AvgIpc) is 2.40. The zero-order valence-electron chi connectivity index (χ0n) is 9.72. The number of hydrogen-bond acceptors (Lipinski definition) is 3. The molecule has 0 aliphatic carbocycles. The molecule has 0 aliphatic heterocycles. The summed E-state index contributed by atoms with van der Waals surface area (Å²) in [7, 11) is 1.51. The van der Waals surface area contributed by atoms with Crippen molar-refractivity contribution in [2.24, 2.45) is 0 Å². The zero-order valence-corrected chi connectivity index (χ0v) is 10.5. The second kappa shape index (κ2) is 5.56. The first-order valence-corrected chi connectivity index (χ1v) is 5.69. The van der Waals surface area contributed by atoms with E-state index >= 15 is 0 Å². The number of carbonyl (C=O) groups is 1. The quantitative estimate of drug-likeness (QED) is 0.785. The molecule has 0 aromatic heterocycles. The van der Waals surface area contributed by atoms with Gasteiger partial charge in [0.25, 0.3) is 5.24 Å². The van der Waals surface area contributed by atoms with Gasteiger partial charge in [-0.05, 0) is 41.9 Å². The second-order valence-corrected chi connectivity index (χ2v) is 3.90. The highest BCUT2D eigenvalue weighted by molar-refractivity contribution is 6.67. The summed E-state index contributed by atoms with van der Waals surface area (Å²) in [6.07, 6.45) is 0. The third kappa shape index (κ3) is 2.81. The molecule has 0 unspecified atom stereocenters. The molecule has 0 amide bonds. The molecule has 0 aliphatic rings. The Kier molecular flexibility index (Phi) is 3.85. The molecule has 92 valence electrons. The third-order valence-electron chi connectivity index (χ3n) is 2.36. The minimum atomic E-state index is -0.528. The van der Waals surface area contributed by atoms with E-state index in [0.29, 0.717) is 22.8 Å². The maximum absolute atomic E-state index is 11.1. The summed E-state index contributed by atoms with van der Waals surface area (Å²) in [5.74, 6) is 1.69. The normalized spacial score (nSPS) is 9.89. The fourth-order valence-corrected chi connectivity index (χ4v) is 1.61. The standard InChI is InChI=1S/C14H11ClO3/c1-17-13-9-10(14(15)16)7-8-12(13)18-11-5-3-2-4-6-11/h2-9H,1H3. The van der Waals surface area contributed by atoms with Crippen LogP contribution < -0.4 is 9.47 Å². The fourth-order valence-electron chi connectivity index (χ4n) is 1.49. The number of hydrogen-bond donors (Lipinski definition) is 0. The summed E-state index contributed by atoms with van der Waals surface area (Å²) in [6.45, 7) is 0. The van der Waals surface area contributed by atoms with Gasteiger partial charge in [0.2, 0.25) is 0 Å². The minimum absolute atomic E-state index is 0.369. The highest BCUT2D eigenvalue weighted by atomic mass is 35.5. The number of methoxy groups -OCH3 is 1. The van der Waals surface area contributed by atoms with Gasteiger partial charge in [-0.3, -0.25) is 4.79 Å². The minimum Gasteiger partial charge on any atom is -0.493 e. The molecule has 0 atom stereocenters. The fraction of sp³-hybridized carbons (Fsp3) is 0.0714. The van der Waals surface area contributed by atoms with Crippen molar-refractivity contribution < 1.29 is 14.3 Å². The van der Waals surface area contributed by atoms with E-state index < -0.39 is 5.24 Å². The van der Waals surface area contributed by atoms with Crippen LogP contribution in [-0.4, -0.2) is 12.4 Å². The van der Waals surface area contributed by atoms with E-state index in [9.17, 15) is 4.79 Å². The number of ether oxygens (including phenoxy) is 2. The van der Waals surface area contributed by atoms with Crippen LogP contribution in [0.1, 0.15) is 10.4 Å². The molecule has 2 aromatic rings. The van der Waals surface area contributed by atoms with E-state index in [4.69, 9.17) is 21.1 Å². The van der Waals surface area contributed by atoms with Gasteiger partial charge >= 0.3 is 0 Å². The highest BCUT2D eigenvalue weighted by Crippen LogP contribution is 2.32. The Morgan fingerprint density at radius 1 is 1.06 bits per heavy atom. The lowest BCUT2D eigenvalue weighted by Crippen LogP contribution is -1.94. The number of benzene rings is 2. The van der Waals surface area contributed by atoms with Gasteiger partial charge in [-0.25, -0.2) is 0 Å². The highest BCUT2D eigenvalue weighted by Gasteiger charge is 2.09. The van der Waals surface area contributed by atoms with Crippen molar-refractivity contribution in [2.45, 2.75) is 0 Å². The molecule has 0 heterocycles. The first-order valence-electron chi connectivity index (χ1n) is 5.31. The van der Waals surface area contributed by atoms with Gasteiger partial charge in [0.1, 0.15) is 5.75 Å². The summed E-state index contributed by atoms with van der Waals surface area (Å²) in [5, 5.41) is -0.528. The zero-order chi connectivity index (χ0) is 13.0. The van der Waals surface area contributed by atoms with E-state index in [1.165, 1.54) is 7.11 Å². The molecule has 0 saturated heterocycles. The molecular formula is C14H11ClO3. The summed E-state index contributed by atoms with van der Waals surface area (Å²) in [6, 6.07) is 14.1. The van der Waals surface area contributed by atoms with Gasteiger partial charge in [-0.1, -0.05) is 18.2 Å². The Bertz CT molecular complexity index is 552. The van der Waals surface area contributed by atoms with Crippen LogP contribution in [0.3, 0.4) is 0 Å². The van der Waals surface area contributed by atoms with Crippen molar-refractivity contribution in [1.82, 2.24) is 0 Å². The predicted octanol–water partition coefficient (Wildman–Crippen LogP) is 3.87. The lowest BCUT2D eigenvalue weighted by atomic mass is 10.2. The molecule has 0 fully saturated rings. The second-order valence-electron chi connectivity index (χ2n) is 3.55. The van der Waals surface area contributed by atoms with Crippen LogP contribution in [-0.2, 0) is 0 Å². The van der Waals surface area contributed by atoms with Gasteiger partial charge in [-0.2, -0.15) is 0 Å². The lowest BCUT2D eigenvalue weighted by molar-refractivity contribution is 0.108. The third-order valence-corrected chi connectivity index (χ3v) is 2.58. The van der Waals surface area contributed by atoms with Gasteiger partial charge in [-0.15, -0.1) is 0 Å². The van der Waals surface area contributed by atoms with Crippen molar-refractivity contribution in [1.29, 1.82) is 0 Å². The molecular weight excluding hydrogens is 252 g/mol. The Morgan fingerprint density at radius 3 is 2.39 bits per heavy atom. The van der Waals surface area contributed by atoms with Crippen molar-refractivity contribution in [3.05, 3.63) is 54.1 Å². The van der Waals surface area contributed by atoms with Crippen molar-refractivity contribution >= 4 is 16.8 Å². The monoisotopic (exact) mass is 262 g/mol. The van der Waals surface area contributed by atoms with Crippen LogP contribution in [0.15, 0.2) is 48.5 Å². The SMILES string of the molecule is COc1cc(C(=O)Cl)ccc1Oc1ccccc1. The van der Waals surface area contributed by atoms with Gasteiger partial charge in [0.05, 0.1) is 7.11 Å². The lowest BCUT2D eigenvalue weighted by Gasteiger charge is -2.10. The Morgan fingerprint density at radius 2 is 1.78 bits per heavy atom. The van der Waals surface area contributed by atoms with Crippen LogP contribution >= 0.6 is 11.6 Å². The van der Waals surface area contributed by atoms with E-state index in [0.717, 1.165) is 0 Å². The summed E-state index contributed by atoms with van der Waals surface area (Å²) in [5.41, 5.74) is 0.369. The van der Waals surface area contributed by atoms with Crippen LogP contribution in [0, 0.1) is 0 Å². The average molecular weight is 263 g/mol. The summed E-state index contributed by atoms with van der Waals surface area (Å²) >= 11 is 5.41. The maximum Gasteiger partial charge on any atom is 0.252 e. The Balaban J connectivity index is 2.31. The van der Waals surface area contributed by atoms with Crippen LogP contribution in [0.2, 0.25) is 0 Å². The van der Waals surface area contributed by atoms with E-state index in [2.05, 4.69) is 0 Å². The Labute approximate surface area is 110 Å². The number of carbonyl (C=O) groups excluding carboxylic acids is 1. The number of halogens is 1. The predicted molar refractivity (Wildman–Crippen MR) is 69.7 cm³/mol. The van der Waals surface area contributed by atoms with E-state index in [-0.39, 0.29) is 0 Å². The number of rotatable bonds is 4. The molecule has 0 bridgehead atoms. The summed E-state index contributed by atoms with van der Waals surface area (Å²) < 4.78 is 10.8. The molecule has 18 heavy (non-hydrogen) atoms. The topological polar surface area (TPSA) is 35.5 Å². The molecule has 3 nitrogen and oxygen atoms in total. The molecule has 2 aromatic carbocycles. The van der Waals surface area contributed by atoms with Gasteiger partial charge in [0.15, 0.2) is 11.5 Å². The molecule has 0 radical (unpaired) electrons. The molecule has 0 spiro atoms. The van der Waals surface area contributed by atoms with E-state index in [1.54, 1.807) is 18.2 Å². The van der Waals surface area contributed by atoms with Crippen LogP contribution in [0.4, 0.5) is 0 Å². The van der Waals surface area contributed by atoms with Gasteiger partial charge in [0, 0.05) is 5.56 Å². The molecule has 2 rings (SSSR count). The maximum atomic E-state index is 11.1. The van der Waals surface area contributed by atoms with Crippen molar-refractivity contribution in [2.75, 3.05) is 7.11 Å². The largest absolute Gasteiger partial charge is 0.493 e. The van der Waals surface area contributed by atoms with Crippen molar-refractivity contribution in [3.8, 4) is 17.2 Å².